The molecular weight excluding hydrogens is 841 g/mol. The third-order valence-corrected chi connectivity index (χ3v) is 17.2. The lowest BCUT2D eigenvalue weighted by Gasteiger charge is -2.20. The van der Waals surface area contributed by atoms with E-state index in [0.717, 1.165) is 55.3 Å². The third kappa shape index (κ3) is 14.5. The van der Waals surface area contributed by atoms with Gasteiger partial charge >= 0.3 is 0 Å². The van der Waals surface area contributed by atoms with Crippen molar-refractivity contribution in [3.05, 3.63) is 89.9 Å². The van der Waals surface area contributed by atoms with Crippen LogP contribution in [0.1, 0.15) is 228 Å². The molecule has 0 aliphatic heterocycles. The topological polar surface area (TPSA) is 34.1 Å². The molecule has 360 valence electrons. The van der Waals surface area contributed by atoms with E-state index in [1.807, 2.05) is 0 Å². The molecule has 2 atom stereocenters. The minimum atomic E-state index is 0.201. The zero-order valence-corrected chi connectivity index (χ0v) is 44.3. The number of benzene rings is 2. The molecule has 0 saturated carbocycles. The Morgan fingerprint density at radius 1 is 0.379 bits per heavy atom. The van der Waals surface area contributed by atoms with Gasteiger partial charge in [0, 0.05) is 41.4 Å². The highest BCUT2D eigenvalue weighted by atomic mass is 32.1. The largest absolute Gasteiger partial charge is 0.289 e. The third-order valence-electron chi connectivity index (χ3n) is 15.1. The van der Waals surface area contributed by atoms with E-state index in [-0.39, 0.29) is 10.9 Å². The molecule has 6 aromatic rings. The molecular formula is C62H88O2S2. The molecule has 2 aromatic heterocycles. The molecule has 4 heteroatoms. The molecule has 0 radical (unpaired) electrons. The maximum absolute atomic E-state index is 15.0. The van der Waals surface area contributed by atoms with Gasteiger partial charge in [0.15, 0.2) is 10.9 Å². The summed E-state index contributed by atoms with van der Waals surface area (Å²) in [7, 11) is 0. The van der Waals surface area contributed by atoms with E-state index in [1.54, 1.807) is 22.7 Å². The van der Waals surface area contributed by atoms with Crippen LogP contribution in [-0.4, -0.2) is 0 Å². The van der Waals surface area contributed by atoms with E-state index in [4.69, 9.17) is 0 Å². The summed E-state index contributed by atoms with van der Waals surface area (Å²) >= 11 is 3.48. The lowest BCUT2D eigenvalue weighted by Crippen LogP contribution is -2.10. The van der Waals surface area contributed by atoms with Crippen molar-refractivity contribution in [1.82, 2.24) is 0 Å². The first-order chi connectivity index (χ1) is 32.3. The van der Waals surface area contributed by atoms with E-state index in [0.29, 0.717) is 11.8 Å². The van der Waals surface area contributed by atoms with E-state index < -0.39 is 0 Å². The van der Waals surface area contributed by atoms with Crippen LogP contribution >= 0.6 is 22.7 Å². The Balaban J connectivity index is 1.44. The highest BCUT2D eigenvalue weighted by Gasteiger charge is 2.25. The first-order valence-electron chi connectivity index (χ1n) is 27.6. The van der Waals surface area contributed by atoms with Crippen LogP contribution in [-0.2, 0) is 12.8 Å². The SMILES string of the molecule is CCCCCCCCCCC(CCCCCC)Cc1cc2c3cc(-c4ccc(C)s4)c(=O)c3c(CC(CCCCCC)CCCCCCCCCC)cc2c2cc(-c3ccc(C)s3)c(=O)c12. The Kier molecular flexibility index (Phi) is 22.0. The van der Waals surface area contributed by atoms with Gasteiger partial charge in [-0.2, -0.15) is 0 Å². The molecule has 0 spiro atoms. The molecule has 2 heterocycles. The second-order valence-electron chi connectivity index (χ2n) is 20.7. The second-order valence-corrected chi connectivity index (χ2v) is 23.3. The van der Waals surface area contributed by atoms with Crippen LogP contribution in [0.25, 0.3) is 53.2 Å². The molecule has 0 saturated heterocycles. The zero-order valence-electron chi connectivity index (χ0n) is 42.6. The summed E-state index contributed by atoms with van der Waals surface area (Å²) in [5.74, 6) is 1.09. The molecule has 0 N–H and O–H groups in total. The fourth-order valence-corrected chi connectivity index (χ4v) is 13.0. The van der Waals surface area contributed by atoms with Gasteiger partial charge < -0.3 is 0 Å². The van der Waals surface area contributed by atoms with Gasteiger partial charge in [-0.3, -0.25) is 9.59 Å². The molecule has 6 rings (SSSR count). The summed E-state index contributed by atoms with van der Waals surface area (Å²) in [6.07, 6.45) is 38.3. The highest BCUT2D eigenvalue weighted by Crippen LogP contribution is 2.42. The summed E-state index contributed by atoms with van der Waals surface area (Å²) in [6.45, 7) is 13.5. The predicted molar refractivity (Wildman–Crippen MR) is 296 cm³/mol. The molecule has 4 aromatic carbocycles. The molecule has 2 unspecified atom stereocenters. The van der Waals surface area contributed by atoms with E-state index >= 15 is 9.59 Å². The monoisotopic (exact) mass is 929 g/mol. The van der Waals surface area contributed by atoms with Gasteiger partial charge in [-0.25, -0.2) is 0 Å². The van der Waals surface area contributed by atoms with Crippen LogP contribution in [0.2, 0.25) is 0 Å². The van der Waals surface area contributed by atoms with Gasteiger partial charge in [0.2, 0.25) is 0 Å². The Bertz CT molecular complexity index is 2260. The Hall–Kier alpha value is -3.08. The zero-order chi connectivity index (χ0) is 46.7. The number of unbranched alkanes of at least 4 members (excludes halogenated alkanes) is 20. The van der Waals surface area contributed by atoms with Crippen molar-refractivity contribution in [2.75, 3.05) is 0 Å². The fourth-order valence-electron chi connectivity index (χ4n) is 11.3. The maximum Gasteiger partial charge on any atom is 0.195 e. The first-order valence-corrected chi connectivity index (χ1v) is 29.2. The molecule has 2 nitrogen and oxygen atoms in total. The Morgan fingerprint density at radius 3 is 0.985 bits per heavy atom. The number of rotatable bonds is 34. The lowest BCUT2D eigenvalue weighted by molar-refractivity contribution is 0.402. The Morgan fingerprint density at radius 2 is 0.682 bits per heavy atom. The van der Waals surface area contributed by atoms with Crippen LogP contribution in [0.5, 0.6) is 0 Å². The smallest absolute Gasteiger partial charge is 0.195 e. The molecule has 0 bridgehead atoms. The van der Waals surface area contributed by atoms with Crippen molar-refractivity contribution >= 4 is 55.0 Å². The summed E-state index contributed by atoms with van der Waals surface area (Å²) in [5.41, 5.74) is 4.53. The van der Waals surface area contributed by atoms with E-state index in [9.17, 15) is 0 Å². The minimum absolute atomic E-state index is 0.201. The summed E-state index contributed by atoms with van der Waals surface area (Å²) in [6, 6.07) is 18.0. The second kappa shape index (κ2) is 27.8. The maximum atomic E-state index is 15.0. The van der Waals surface area contributed by atoms with Gasteiger partial charge in [-0.05, 0) is 120 Å². The van der Waals surface area contributed by atoms with Crippen molar-refractivity contribution in [1.29, 1.82) is 0 Å². The average Bonchev–Trinajstić information content (AvgIpc) is 4.11. The van der Waals surface area contributed by atoms with Gasteiger partial charge in [-0.15, -0.1) is 22.7 Å². The predicted octanol–water partition coefficient (Wildman–Crippen LogP) is 20.1. The number of fused-ring (bicyclic) bond motifs is 5. The van der Waals surface area contributed by atoms with Gasteiger partial charge in [0.25, 0.3) is 0 Å². The first kappa shape index (κ1) is 52.3. The number of hydrogen-bond acceptors (Lipinski definition) is 4. The quantitative estimate of drug-likeness (QED) is 0.0378. The van der Waals surface area contributed by atoms with Crippen LogP contribution < -0.4 is 10.9 Å². The van der Waals surface area contributed by atoms with Crippen molar-refractivity contribution < 1.29 is 0 Å². The molecule has 66 heavy (non-hydrogen) atoms. The lowest BCUT2D eigenvalue weighted by atomic mass is 9.84. The van der Waals surface area contributed by atoms with E-state index in [1.165, 1.54) is 211 Å². The van der Waals surface area contributed by atoms with Crippen LogP contribution in [0.4, 0.5) is 0 Å². The van der Waals surface area contributed by atoms with Crippen molar-refractivity contribution in [2.24, 2.45) is 11.8 Å². The highest BCUT2D eigenvalue weighted by molar-refractivity contribution is 7.15. The average molecular weight is 930 g/mol. The standard InChI is InChI=1S/C62H88O2S2/c1-7-11-15-19-21-23-25-29-33-47(31-27-17-13-9-3)39-49-41-51-52(53-43-55(61(63)59(49)53)57-37-35-45(5)65-57)42-50(60-54(51)44-56(62(60)64)58-38-36-46(6)66-58)40-48(32-28-18-14-10-4)34-30-26-24-22-20-16-12-8-2/h35-38,41-44,47-48H,7-34,39-40H2,1-6H3. The normalized spacial score (nSPS) is 13.0. The van der Waals surface area contributed by atoms with Gasteiger partial charge in [0.1, 0.15) is 0 Å². The number of hydrogen-bond donors (Lipinski definition) is 0. The summed E-state index contributed by atoms with van der Waals surface area (Å²) in [4.78, 5) is 34.7. The van der Waals surface area contributed by atoms with Crippen molar-refractivity contribution in [3.63, 3.8) is 0 Å². The van der Waals surface area contributed by atoms with Crippen molar-refractivity contribution in [3.8, 4) is 20.9 Å². The van der Waals surface area contributed by atoms with E-state index in [2.05, 4.69) is 90.1 Å². The summed E-state index contributed by atoms with van der Waals surface area (Å²) < 4.78 is 0. The van der Waals surface area contributed by atoms with Crippen LogP contribution in [0.3, 0.4) is 0 Å². The van der Waals surface area contributed by atoms with Crippen LogP contribution in [0.15, 0.2) is 58.1 Å². The fraction of sp³-hybridized carbons (Fsp3) is 0.613. The Labute approximate surface area is 409 Å². The summed E-state index contributed by atoms with van der Waals surface area (Å²) in [5, 5.41) is 6.46. The molecule has 0 aliphatic carbocycles. The molecule has 0 aliphatic rings. The molecule has 0 fully saturated rings. The van der Waals surface area contributed by atoms with Gasteiger partial charge in [-0.1, -0.05) is 207 Å². The molecule has 0 amide bonds. The number of thiophene rings is 2. The minimum Gasteiger partial charge on any atom is -0.289 e. The number of aryl methyl sites for hydroxylation is 2. The van der Waals surface area contributed by atoms with Crippen molar-refractivity contribution in [2.45, 2.75) is 234 Å². The van der Waals surface area contributed by atoms with Gasteiger partial charge in [0.05, 0.1) is 0 Å². The van der Waals surface area contributed by atoms with Crippen LogP contribution in [0, 0.1) is 25.7 Å².